The maximum atomic E-state index is 10.3. The van der Waals surface area contributed by atoms with Crippen LogP contribution in [0, 0.1) is 6.92 Å². The van der Waals surface area contributed by atoms with Gasteiger partial charge in [0.2, 0.25) is 0 Å². The number of rotatable bonds is 6. The molecule has 0 unspecified atom stereocenters. The number of aryl methyl sites for hydroxylation is 2. The molecule has 0 saturated carbocycles. The number of aliphatic hydroxyl groups excluding tert-OH is 1. The van der Waals surface area contributed by atoms with Crippen LogP contribution < -0.4 is 0 Å². The lowest BCUT2D eigenvalue weighted by atomic mass is 10.2. The first kappa shape index (κ1) is 18.2. The second kappa shape index (κ2) is 6.79. The molecule has 2 aromatic rings. The van der Waals surface area contributed by atoms with E-state index < -0.39 is 14.4 Å². The smallest absolute Gasteiger partial charge is 0.192 e. The summed E-state index contributed by atoms with van der Waals surface area (Å²) in [5, 5.41) is 11.8. The Bertz CT molecular complexity index is 655. The summed E-state index contributed by atoms with van der Waals surface area (Å²) in [6.45, 7) is 14.5. The molecule has 3 nitrogen and oxygen atoms in total. The molecule has 23 heavy (non-hydrogen) atoms. The van der Waals surface area contributed by atoms with Gasteiger partial charge in [-0.15, -0.1) is 0 Å². The van der Waals surface area contributed by atoms with Crippen LogP contribution in [0.4, 0.5) is 0 Å². The fourth-order valence-electron chi connectivity index (χ4n) is 2.53. The quantitative estimate of drug-likeness (QED) is 0.776. The predicted octanol–water partition coefficient (Wildman–Crippen LogP) is 4.72. The van der Waals surface area contributed by atoms with Crippen molar-refractivity contribution in [2.75, 3.05) is 6.61 Å². The van der Waals surface area contributed by atoms with Gasteiger partial charge in [0.25, 0.3) is 0 Å². The maximum Gasteiger partial charge on any atom is 0.192 e. The van der Waals surface area contributed by atoms with Gasteiger partial charge in [-0.1, -0.05) is 39.0 Å². The molecule has 1 aromatic heterocycles. The summed E-state index contributed by atoms with van der Waals surface area (Å²) in [4.78, 5) is 0. The molecule has 0 fully saturated rings. The number of fused-ring (bicyclic) bond motifs is 1. The van der Waals surface area contributed by atoms with Crippen LogP contribution in [0.1, 0.15) is 32.9 Å². The zero-order chi connectivity index (χ0) is 17.3. The Morgan fingerprint density at radius 3 is 2.52 bits per heavy atom. The van der Waals surface area contributed by atoms with E-state index in [9.17, 15) is 5.11 Å². The highest BCUT2D eigenvalue weighted by molar-refractivity contribution is 6.74. The van der Waals surface area contributed by atoms with E-state index in [2.05, 4.69) is 75.7 Å². The van der Waals surface area contributed by atoms with E-state index in [0.717, 1.165) is 6.54 Å². The average molecular weight is 334 g/mol. The minimum Gasteiger partial charge on any atom is -0.414 e. The lowest BCUT2D eigenvalue weighted by Gasteiger charge is -2.36. The Hall–Kier alpha value is -1.10. The zero-order valence-electron chi connectivity index (χ0n) is 15.4. The first-order chi connectivity index (χ1) is 10.6. The molecule has 0 bridgehead atoms. The minimum absolute atomic E-state index is 0.180. The van der Waals surface area contributed by atoms with Crippen molar-refractivity contribution in [1.29, 1.82) is 0 Å². The molecule has 4 heteroatoms. The molecule has 1 N–H and O–H groups in total. The van der Waals surface area contributed by atoms with E-state index in [1.54, 1.807) is 0 Å². The Morgan fingerprint density at radius 2 is 1.87 bits per heavy atom. The lowest BCUT2D eigenvalue weighted by Crippen LogP contribution is -2.42. The topological polar surface area (TPSA) is 34.4 Å². The Morgan fingerprint density at radius 1 is 1.22 bits per heavy atom. The molecule has 1 heterocycles. The molecule has 1 aromatic carbocycles. The zero-order valence-corrected chi connectivity index (χ0v) is 16.4. The number of aromatic nitrogens is 1. The largest absolute Gasteiger partial charge is 0.414 e. The molecule has 2 rings (SSSR count). The summed E-state index contributed by atoms with van der Waals surface area (Å²) in [5.41, 5.74) is 2.48. The summed E-state index contributed by atoms with van der Waals surface area (Å²) in [6, 6.07) is 10.6. The first-order valence-electron chi connectivity index (χ1n) is 8.49. The van der Waals surface area contributed by atoms with Crippen LogP contribution in [0.25, 0.3) is 10.9 Å². The van der Waals surface area contributed by atoms with E-state index in [-0.39, 0.29) is 5.04 Å². The molecule has 0 spiro atoms. The van der Waals surface area contributed by atoms with Gasteiger partial charge in [-0.25, -0.2) is 0 Å². The van der Waals surface area contributed by atoms with Gasteiger partial charge in [-0.3, -0.25) is 0 Å². The monoisotopic (exact) mass is 333 g/mol. The summed E-state index contributed by atoms with van der Waals surface area (Å²) in [6.07, 6.45) is 0.304. The number of hydrogen-bond donors (Lipinski definition) is 1. The molecular formula is C19H31NO2Si. The van der Waals surface area contributed by atoms with Gasteiger partial charge in [-0.05, 0) is 49.0 Å². The van der Waals surface area contributed by atoms with Crippen LogP contribution in [0.15, 0.2) is 30.3 Å². The van der Waals surface area contributed by atoms with Crippen LogP contribution in [0.3, 0.4) is 0 Å². The number of hydrogen-bond acceptors (Lipinski definition) is 2. The van der Waals surface area contributed by atoms with Gasteiger partial charge in [0, 0.05) is 17.8 Å². The normalized spacial score (nSPS) is 14.4. The number of para-hydroxylation sites is 1. The second-order valence-corrected chi connectivity index (χ2v) is 12.8. The van der Waals surface area contributed by atoms with Gasteiger partial charge in [0.1, 0.15) is 0 Å². The third kappa shape index (κ3) is 4.25. The van der Waals surface area contributed by atoms with Crippen molar-refractivity contribution in [2.45, 2.75) is 64.9 Å². The Balaban J connectivity index is 1.94. The summed E-state index contributed by atoms with van der Waals surface area (Å²) < 4.78 is 8.41. The van der Waals surface area contributed by atoms with Gasteiger partial charge in [0.15, 0.2) is 8.32 Å². The highest BCUT2D eigenvalue weighted by Gasteiger charge is 2.37. The van der Waals surface area contributed by atoms with Crippen LogP contribution in [0.5, 0.6) is 0 Å². The number of nitrogens with zero attached hydrogens (tertiary/aromatic N) is 1. The molecular weight excluding hydrogens is 302 g/mol. The summed E-state index contributed by atoms with van der Waals surface area (Å²) >= 11 is 0. The summed E-state index contributed by atoms with van der Waals surface area (Å²) in [5.74, 6) is 0. The summed E-state index contributed by atoms with van der Waals surface area (Å²) in [7, 11) is -1.78. The van der Waals surface area contributed by atoms with E-state index in [1.165, 1.54) is 16.6 Å². The molecule has 1 atom stereocenters. The van der Waals surface area contributed by atoms with Crippen LogP contribution in [-0.4, -0.2) is 30.7 Å². The fourth-order valence-corrected chi connectivity index (χ4v) is 3.57. The van der Waals surface area contributed by atoms with Gasteiger partial charge in [0.05, 0.1) is 12.7 Å². The lowest BCUT2D eigenvalue weighted by molar-refractivity contribution is 0.0893. The van der Waals surface area contributed by atoms with E-state index in [0.29, 0.717) is 13.0 Å². The molecule has 0 aliphatic carbocycles. The second-order valence-electron chi connectivity index (χ2n) is 8.01. The van der Waals surface area contributed by atoms with Gasteiger partial charge >= 0.3 is 0 Å². The Kier molecular flexibility index (Phi) is 5.39. The highest BCUT2D eigenvalue weighted by Crippen LogP contribution is 2.36. The molecule has 0 aliphatic heterocycles. The standard InChI is InChI=1S/C19H31NO2Si/c1-15-13-16-9-7-8-10-18(16)20(15)12-11-17(21)14-22-23(5,6)19(2,3)4/h7-10,13,17,21H,11-12,14H2,1-6H3/t17-/m0/s1. The van der Waals surface area contributed by atoms with Crippen LogP contribution in [-0.2, 0) is 11.0 Å². The van der Waals surface area contributed by atoms with Crippen molar-refractivity contribution in [3.8, 4) is 0 Å². The predicted molar refractivity (Wildman–Crippen MR) is 100 cm³/mol. The molecule has 0 saturated heterocycles. The van der Waals surface area contributed by atoms with E-state index in [4.69, 9.17) is 4.43 Å². The SMILES string of the molecule is Cc1cc2ccccc2n1CC[C@H](O)CO[Si](C)(C)C(C)(C)C. The molecule has 0 aliphatic rings. The first-order valence-corrected chi connectivity index (χ1v) is 11.4. The van der Waals surface area contributed by atoms with Crippen molar-refractivity contribution >= 4 is 19.2 Å². The third-order valence-corrected chi connectivity index (χ3v) is 9.65. The van der Waals surface area contributed by atoms with Crippen molar-refractivity contribution in [1.82, 2.24) is 4.57 Å². The van der Waals surface area contributed by atoms with Crippen molar-refractivity contribution in [3.05, 3.63) is 36.0 Å². The number of benzene rings is 1. The van der Waals surface area contributed by atoms with Gasteiger partial charge in [-0.2, -0.15) is 0 Å². The van der Waals surface area contributed by atoms with Crippen LogP contribution in [0.2, 0.25) is 18.1 Å². The van der Waals surface area contributed by atoms with Crippen molar-refractivity contribution < 1.29 is 9.53 Å². The maximum absolute atomic E-state index is 10.3. The molecule has 128 valence electrons. The van der Waals surface area contributed by atoms with Crippen molar-refractivity contribution in [2.24, 2.45) is 0 Å². The molecule has 0 amide bonds. The average Bonchev–Trinajstić information content (AvgIpc) is 2.77. The highest BCUT2D eigenvalue weighted by atomic mass is 28.4. The minimum atomic E-state index is -1.78. The van der Waals surface area contributed by atoms with Crippen molar-refractivity contribution in [3.63, 3.8) is 0 Å². The third-order valence-electron chi connectivity index (χ3n) is 5.15. The number of aliphatic hydroxyl groups is 1. The van der Waals surface area contributed by atoms with E-state index >= 15 is 0 Å². The van der Waals surface area contributed by atoms with E-state index in [1.807, 2.05) is 0 Å². The molecule has 0 radical (unpaired) electrons. The van der Waals surface area contributed by atoms with Gasteiger partial charge < -0.3 is 14.1 Å². The van der Waals surface area contributed by atoms with Crippen LogP contribution >= 0.6 is 0 Å². The fraction of sp³-hybridized carbons (Fsp3) is 0.579. The Labute approximate surface area is 141 Å².